The van der Waals surface area contributed by atoms with E-state index in [0.29, 0.717) is 5.82 Å². The molecule has 0 atom stereocenters. The van der Waals surface area contributed by atoms with E-state index < -0.39 is 0 Å². The molecule has 49 heavy (non-hydrogen) atoms. The number of nitrogens with zero attached hydrogens (tertiary/aromatic N) is 3. The molecule has 0 radical (unpaired) electrons. The summed E-state index contributed by atoms with van der Waals surface area (Å²) in [5.41, 5.74) is 9.68. The molecule has 1 aliphatic heterocycles. The monoisotopic (exact) mass is 643 g/mol. The molecule has 1 aliphatic rings. The van der Waals surface area contributed by atoms with Gasteiger partial charge in [0.1, 0.15) is 11.5 Å². The van der Waals surface area contributed by atoms with E-state index in [2.05, 4.69) is 150 Å². The number of aromatic nitrogens is 3. The second kappa shape index (κ2) is 10.1. The van der Waals surface area contributed by atoms with Crippen molar-refractivity contribution in [2.75, 3.05) is 0 Å². The highest BCUT2D eigenvalue weighted by molar-refractivity contribution is 7.26. The van der Waals surface area contributed by atoms with Gasteiger partial charge in [-0.3, -0.25) is 0 Å². The fraction of sp³-hybridized carbons (Fsp3) is 0. The summed E-state index contributed by atoms with van der Waals surface area (Å²) in [6.45, 7) is 0. The van der Waals surface area contributed by atoms with E-state index in [1.807, 2.05) is 6.07 Å². The predicted octanol–water partition coefficient (Wildman–Crippen LogP) is 12.2. The van der Waals surface area contributed by atoms with Gasteiger partial charge in [-0.25, -0.2) is 9.97 Å². The average molecular weight is 644 g/mol. The molecule has 0 aliphatic carbocycles. The smallest absolute Gasteiger partial charge is 0.160 e. The van der Waals surface area contributed by atoms with Gasteiger partial charge in [-0.2, -0.15) is 0 Å². The van der Waals surface area contributed by atoms with E-state index in [1.54, 1.807) is 11.3 Å². The molecule has 0 fully saturated rings. The lowest BCUT2D eigenvalue weighted by atomic mass is 9.93. The minimum absolute atomic E-state index is 0.687. The third kappa shape index (κ3) is 3.85. The van der Waals surface area contributed by atoms with Crippen molar-refractivity contribution in [1.29, 1.82) is 0 Å². The van der Waals surface area contributed by atoms with Crippen LogP contribution in [0.1, 0.15) is 0 Å². The number of ether oxygens (including phenoxy) is 1. The molecule has 0 spiro atoms. The molecule has 0 amide bonds. The highest BCUT2D eigenvalue weighted by Gasteiger charge is 2.24. The SMILES string of the molecule is c1ccc(-c2nc(-c3ccc4c(c3)Oc3ccc(-n5c6ccccc6c6ccccc65)c5cccc-4c35)nc3c2sc2ccccc23)cc1. The Kier molecular flexibility index (Phi) is 5.51. The molecule has 11 rings (SSSR count). The molecule has 228 valence electrons. The molecule has 0 unspecified atom stereocenters. The lowest BCUT2D eigenvalue weighted by Crippen LogP contribution is -2.01. The zero-order valence-corrected chi connectivity index (χ0v) is 26.9. The van der Waals surface area contributed by atoms with E-state index in [1.165, 1.54) is 26.5 Å². The molecule has 7 aromatic carbocycles. The second-order valence-electron chi connectivity index (χ2n) is 12.5. The van der Waals surface area contributed by atoms with Crippen molar-refractivity contribution in [1.82, 2.24) is 14.5 Å². The van der Waals surface area contributed by atoms with Gasteiger partial charge in [-0.15, -0.1) is 11.3 Å². The summed E-state index contributed by atoms with van der Waals surface area (Å²) in [5, 5.41) is 5.92. The van der Waals surface area contributed by atoms with Crippen LogP contribution in [0.5, 0.6) is 11.5 Å². The molecular weight excluding hydrogens is 619 g/mol. The van der Waals surface area contributed by atoms with E-state index in [0.717, 1.165) is 71.5 Å². The van der Waals surface area contributed by atoms with Crippen molar-refractivity contribution < 1.29 is 4.74 Å². The topological polar surface area (TPSA) is 39.9 Å². The number of hydrogen-bond donors (Lipinski definition) is 0. The van der Waals surface area contributed by atoms with Crippen molar-refractivity contribution in [3.05, 3.63) is 152 Å². The van der Waals surface area contributed by atoms with Gasteiger partial charge in [-0.05, 0) is 48.0 Å². The Bertz CT molecular complexity index is 2920. The van der Waals surface area contributed by atoms with Crippen LogP contribution in [0.2, 0.25) is 0 Å². The van der Waals surface area contributed by atoms with Gasteiger partial charge in [0.2, 0.25) is 0 Å². The van der Waals surface area contributed by atoms with E-state index >= 15 is 0 Å². The summed E-state index contributed by atoms with van der Waals surface area (Å²) in [6, 6.07) is 53.5. The summed E-state index contributed by atoms with van der Waals surface area (Å²) in [4.78, 5) is 10.4. The van der Waals surface area contributed by atoms with Crippen LogP contribution < -0.4 is 4.74 Å². The minimum Gasteiger partial charge on any atom is -0.456 e. The molecule has 10 aromatic rings. The third-order valence-corrected chi connectivity index (χ3v) is 11.0. The maximum Gasteiger partial charge on any atom is 0.160 e. The zero-order valence-electron chi connectivity index (χ0n) is 26.1. The van der Waals surface area contributed by atoms with Gasteiger partial charge in [0.25, 0.3) is 0 Å². The van der Waals surface area contributed by atoms with Crippen LogP contribution >= 0.6 is 11.3 Å². The van der Waals surface area contributed by atoms with Gasteiger partial charge in [0.05, 0.1) is 32.6 Å². The van der Waals surface area contributed by atoms with Crippen LogP contribution in [-0.4, -0.2) is 14.5 Å². The van der Waals surface area contributed by atoms with Crippen LogP contribution in [0.3, 0.4) is 0 Å². The quantitative estimate of drug-likeness (QED) is 0.192. The lowest BCUT2D eigenvalue weighted by molar-refractivity contribution is 0.487. The number of thiophene rings is 1. The van der Waals surface area contributed by atoms with E-state index in [9.17, 15) is 0 Å². The van der Waals surface area contributed by atoms with Gasteiger partial charge in [-0.1, -0.05) is 109 Å². The minimum atomic E-state index is 0.687. The standard InChI is InChI=1S/C44H25N3OS/c1-2-11-26(12-3-1)41-43-42(33-15-6-9-20-39(33)49-43)46-44(45-41)27-21-22-30-31-16-10-17-32-36(23-24-37(40(31)32)48-38(30)25-27)47-34-18-7-4-13-28(34)29-14-5-8-19-35(29)47/h1-25H. The first-order valence-electron chi connectivity index (χ1n) is 16.4. The first kappa shape index (κ1) is 26.7. The van der Waals surface area contributed by atoms with E-state index in [-0.39, 0.29) is 0 Å². The van der Waals surface area contributed by atoms with Gasteiger partial charge < -0.3 is 9.30 Å². The van der Waals surface area contributed by atoms with E-state index in [4.69, 9.17) is 14.7 Å². The maximum absolute atomic E-state index is 6.75. The highest BCUT2D eigenvalue weighted by atomic mass is 32.1. The molecule has 3 aromatic heterocycles. The van der Waals surface area contributed by atoms with Crippen molar-refractivity contribution >= 4 is 64.2 Å². The predicted molar refractivity (Wildman–Crippen MR) is 203 cm³/mol. The molecule has 5 heteroatoms. The molecule has 0 N–H and O–H groups in total. The zero-order chi connectivity index (χ0) is 32.1. The Morgan fingerprint density at radius 3 is 2.04 bits per heavy atom. The Morgan fingerprint density at radius 1 is 0.510 bits per heavy atom. The molecule has 0 saturated heterocycles. The molecule has 0 bridgehead atoms. The first-order chi connectivity index (χ1) is 24.3. The van der Waals surface area contributed by atoms with Crippen LogP contribution in [-0.2, 0) is 0 Å². The third-order valence-electron chi connectivity index (χ3n) is 9.82. The van der Waals surface area contributed by atoms with Crippen molar-refractivity contribution in [3.8, 4) is 51.0 Å². The number of rotatable bonds is 3. The Labute approximate surface area is 285 Å². The highest BCUT2D eigenvalue weighted by Crippen LogP contribution is 2.49. The van der Waals surface area contributed by atoms with Crippen molar-refractivity contribution in [3.63, 3.8) is 0 Å². The average Bonchev–Trinajstić information content (AvgIpc) is 3.71. The summed E-state index contributed by atoms with van der Waals surface area (Å²) in [7, 11) is 0. The maximum atomic E-state index is 6.75. The Balaban J connectivity index is 1.10. The number of benzene rings is 7. The summed E-state index contributed by atoms with van der Waals surface area (Å²) in [5.74, 6) is 2.35. The largest absolute Gasteiger partial charge is 0.456 e. The number of para-hydroxylation sites is 2. The summed E-state index contributed by atoms with van der Waals surface area (Å²) < 4.78 is 11.5. The molecule has 0 saturated carbocycles. The fourth-order valence-electron chi connectivity index (χ4n) is 7.64. The van der Waals surface area contributed by atoms with Gasteiger partial charge in [0, 0.05) is 48.3 Å². The summed E-state index contributed by atoms with van der Waals surface area (Å²) in [6.07, 6.45) is 0. The van der Waals surface area contributed by atoms with Crippen LogP contribution in [0, 0.1) is 0 Å². The van der Waals surface area contributed by atoms with Gasteiger partial charge in [0.15, 0.2) is 5.82 Å². The number of fused-ring (bicyclic) bond motifs is 8. The second-order valence-corrected chi connectivity index (χ2v) is 13.6. The number of hydrogen-bond acceptors (Lipinski definition) is 4. The molecular formula is C44H25N3OS. The normalized spacial score (nSPS) is 12.2. The van der Waals surface area contributed by atoms with Crippen LogP contribution in [0.25, 0.3) is 92.3 Å². The Morgan fingerprint density at radius 2 is 1.22 bits per heavy atom. The summed E-state index contributed by atoms with van der Waals surface area (Å²) >= 11 is 1.75. The van der Waals surface area contributed by atoms with Crippen molar-refractivity contribution in [2.45, 2.75) is 0 Å². The fourth-order valence-corrected chi connectivity index (χ4v) is 8.80. The van der Waals surface area contributed by atoms with Crippen molar-refractivity contribution in [2.24, 2.45) is 0 Å². The molecule has 4 nitrogen and oxygen atoms in total. The lowest BCUT2D eigenvalue weighted by Gasteiger charge is -2.23. The first-order valence-corrected chi connectivity index (χ1v) is 17.2. The molecule has 4 heterocycles. The Hall–Kier alpha value is -6.30. The van der Waals surface area contributed by atoms with Gasteiger partial charge >= 0.3 is 0 Å². The van der Waals surface area contributed by atoms with Crippen LogP contribution in [0.4, 0.5) is 0 Å². The van der Waals surface area contributed by atoms with Crippen LogP contribution in [0.15, 0.2) is 152 Å².